The summed E-state index contributed by atoms with van der Waals surface area (Å²) in [4.78, 5) is 16.5. The van der Waals surface area contributed by atoms with Crippen molar-refractivity contribution in [1.29, 1.82) is 0 Å². The molecule has 3 rings (SSSR count). The van der Waals surface area contributed by atoms with Gasteiger partial charge in [0, 0.05) is 11.4 Å². The summed E-state index contributed by atoms with van der Waals surface area (Å²) in [6.45, 7) is 0. The van der Waals surface area contributed by atoms with E-state index in [-0.39, 0.29) is 29.4 Å². The van der Waals surface area contributed by atoms with Gasteiger partial charge in [-0.15, -0.1) is 0 Å². The maximum atomic E-state index is 12.2. The number of fused-ring (bicyclic) bond motifs is 1. The highest BCUT2D eigenvalue weighted by molar-refractivity contribution is 7.91. The first-order chi connectivity index (χ1) is 11.9. The fourth-order valence-corrected chi connectivity index (χ4v) is 4.61. The van der Waals surface area contributed by atoms with E-state index < -0.39 is 9.84 Å². The van der Waals surface area contributed by atoms with Crippen LogP contribution in [0.15, 0.2) is 53.4 Å². The molecule has 1 amide bonds. The Hall–Kier alpha value is -1.96. The molecule has 0 radical (unpaired) electrons. The molecule has 130 valence electrons. The quantitative estimate of drug-likeness (QED) is 0.681. The van der Waals surface area contributed by atoms with Crippen molar-refractivity contribution >= 4 is 54.0 Å². The Balaban J connectivity index is 1.54. The number of halogens is 1. The number of benzene rings is 2. The van der Waals surface area contributed by atoms with Crippen LogP contribution in [0.1, 0.15) is 12.8 Å². The van der Waals surface area contributed by atoms with E-state index in [1.54, 1.807) is 0 Å². The minimum atomic E-state index is -3.42. The lowest BCUT2D eigenvalue weighted by molar-refractivity contribution is -0.116. The molecule has 0 spiro atoms. The van der Waals surface area contributed by atoms with Crippen LogP contribution in [0.3, 0.4) is 0 Å². The lowest BCUT2D eigenvalue weighted by Crippen LogP contribution is -2.14. The highest BCUT2D eigenvalue weighted by atomic mass is 35.5. The molecule has 0 fully saturated rings. The van der Waals surface area contributed by atoms with Crippen molar-refractivity contribution in [1.82, 2.24) is 4.98 Å². The van der Waals surface area contributed by atoms with Gasteiger partial charge in [-0.1, -0.05) is 35.1 Å². The lowest BCUT2D eigenvalue weighted by Gasteiger charge is -2.05. The molecule has 0 unspecified atom stereocenters. The zero-order valence-electron chi connectivity index (χ0n) is 13.1. The summed E-state index contributed by atoms with van der Waals surface area (Å²) in [6.07, 6.45) is 0.352. The summed E-state index contributed by atoms with van der Waals surface area (Å²) in [5.74, 6) is -0.340. The average Bonchev–Trinajstić information content (AvgIpc) is 2.97. The van der Waals surface area contributed by atoms with Crippen LogP contribution in [0.5, 0.6) is 0 Å². The third-order valence-electron chi connectivity index (χ3n) is 3.53. The number of nitrogens with one attached hydrogen (secondary N) is 1. The number of nitrogens with zero attached hydrogens (tertiary/aromatic N) is 1. The molecule has 0 aliphatic carbocycles. The van der Waals surface area contributed by atoms with Gasteiger partial charge in [-0.2, -0.15) is 0 Å². The summed E-state index contributed by atoms with van der Waals surface area (Å²) in [7, 11) is -3.42. The number of hydrogen-bond acceptors (Lipinski definition) is 5. The molecule has 0 bridgehead atoms. The predicted molar refractivity (Wildman–Crippen MR) is 101 cm³/mol. The van der Waals surface area contributed by atoms with Crippen LogP contribution in [-0.4, -0.2) is 25.1 Å². The van der Waals surface area contributed by atoms with E-state index >= 15 is 0 Å². The molecule has 0 saturated heterocycles. The summed E-state index contributed by atoms with van der Waals surface area (Å²) < 4.78 is 25.4. The van der Waals surface area contributed by atoms with Crippen LogP contribution in [0.2, 0.25) is 5.02 Å². The number of hydrogen-bond donors (Lipinski definition) is 1. The van der Waals surface area contributed by atoms with Crippen LogP contribution in [0, 0.1) is 0 Å². The van der Waals surface area contributed by atoms with Crippen molar-refractivity contribution in [2.24, 2.45) is 0 Å². The second-order valence-electron chi connectivity index (χ2n) is 5.41. The zero-order valence-corrected chi connectivity index (χ0v) is 15.5. The average molecular weight is 395 g/mol. The Morgan fingerprint density at radius 3 is 2.56 bits per heavy atom. The molecule has 0 atom stereocenters. The van der Waals surface area contributed by atoms with E-state index in [9.17, 15) is 13.2 Å². The molecule has 3 aromatic rings. The van der Waals surface area contributed by atoms with Crippen molar-refractivity contribution in [2.45, 2.75) is 17.7 Å². The second-order valence-corrected chi connectivity index (χ2v) is 8.99. The van der Waals surface area contributed by atoms with E-state index in [4.69, 9.17) is 11.6 Å². The third-order valence-corrected chi connectivity index (χ3v) is 6.55. The smallest absolute Gasteiger partial charge is 0.226 e. The monoisotopic (exact) mass is 394 g/mol. The summed E-state index contributed by atoms with van der Waals surface area (Å²) >= 11 is 7.15. The number of carbonyl (C=O) groups is 1. The maximum Gasteiger partial charge on any atom is 0.226 e. The van der Waals surface area contributed by atoms with Crippen molar-refractivity contribution in [3.05, 3.63) is 53.6 Å². The fourth-order valence-electron chi connectivity index (χ4n) is 2.29. The molecule has 0 aliphatic rings. The van der Waals surface area contributed by atoms with Gasteiger partial charge >= 0.3 is 0 Å². The van der Waals surface area contributed by atoms with Crippen molar-refractivity contribution in [3.63, 3.8) is 0 Å². The molecule has 25 heavy (non-hydrogen) atoms. The number of rotatable bonds is 6. The number of aromatic nitrogens is 1. The van der Waals surface area contributed by atoms with Gasteiger partial charge in [-0.25, -0.2) is 13.4 Å². The first-order valence-corrected chi connectivity index (χ1v) is 10.4. The number of sulfone groups is 1. The molecular weight excluding hydrogens is 380 g/mol. The Kier molecular flexibility index (Phi) is 5.36. The molecule has 1 aromatic heterocycles. The minimum Gasteiger partial charge on any atom is -0.302 e. The van der Waals surface area contributed by atoms with Crippen LogP contribution in [0.4, 0.5) is 5.13 Å². The van der Waals surface area contributed by atoms with Gasteiger partial charge in [0.05, 0.1) is 20.9 Å². The van der Waals surface area contributed by atoms with Crippen LogP contribution in [0.25, 0.3) is 10.2 Å². The lowest BCUT2D eigenvalue weighted by atomic mass is 10.3. The number of amides is 1. The molecule has 1 N–H and O–H groups in total. The molecule has 8 heteroatoms. The van der Waals surface area contributed by atoms with E-state index in [1.807, 2.05) is 24.3 Å². The van der Waals surface area contributed by atoms with Gasteiger partial charge in [-0.05, 0) is 42.8 Å². The van der Waals surface area contributed by atoms with Gasteiger partial charge in [0.25, 0.3) is 0 Å². The Morgan fingerprint density at radius 1 is 1.12 bits per heavy atom. The Labute approximate surface area is 154 Å². The van der Waals surface area contributed by atoms with Crippen LogP contribution >= 0.6 is 22.9 Å². The van der Waals surface area contributed by atoms with E-state index in [0.717, 1.165) is 10.2 Å². The highest BCUT2D eigenvalue weighted by Crippen LogP contribution is 2.25. The number of anilines is 1. The van der Waals surface area contributed by atoms with E-state index in [2.05, 4.69) is 10.3 Å². The topological polar surface area (TPSA) is 76.1 Å². The molecule has 2 aromatic carbocycles. The largest absolute Gasteiger partial charge is 0.302 e. The summed E-state index contributed by atoms with van der Waals surface area (Å²) in [5, 5.41) is 3.72. The molecule has 1 heterocycles. The molecular formula is C17H15ClN2O3S2. The zero-order chi connectivity index (χ0) is 17.9. The van der Waals surface area contributed by atoms with Gasteiger partial charge in [0.15, 0.2) is 15.0 Å². The van der Waals surface area contributed by atoms with Crippen LogP contribution < -0.4 is 5.32 Å². The summed E-state index contributed by atoms with van der Waals surface area (Å²) in [6, 6.07) is 13.6. The van der Waals surface area contributed by atoms with Gasteiger partial charge in [0.2, 0.25) is 5.91 Å². The number of carbonyl (C=O) groups excluding carboxylic acids is 1. The van der Waals surface area contributed by atoms with Crippen molar-refractivity contribution in [3.8, 4) is 0 Å². The molecule has 0 aliphatic heterocycles. The second kappa shape index (κ2) is 7.51. The van der Waals surface area contributed by atoms with Crippen molar-refractivity contribution < 1.29 is 13.2 Å². The normalized spacial score (nSPS) is 11.6. The SMILES string of the molecule is O=C(CCCS(=O)(=O)c1ccc(Cl)cc1)Nc1nc2ccccc2s1. The van der Waals surface area contributed by atoms with E-state index in [0.29, 0.717) is 10.2 Å². The first kappa shape index (κ1) is 17.8. The predicted octanol–water partition coefficient (Wildman–Crippen LogP) is 4.14. The minimum absolute atomic E-state index is 0.0953. The summed E-state index contributed by atoms with van der Waals surface area (Å²) in [5.41, 5.74) is 0.827. The number of para-hydroxylation sites is 1. The van der Waals surface area contributed by atoms with Gasteiger partial charge < -0.3 is 5.32 Å². The standard InChI is InChI=1S/C17H15ClN2O3S2/c18-12-7-9-13(10-8-12)25(22,23)11-3-6-16(21)20-17-19-14-4-1-2-5-15(14)24-17/h1-2,4-5,7-10H,3,6,11H2,(H,19,20,21). The first-order valence-electron chi connectivity index (χ1n) is 7.58. The third kappa shape index (κ3) is 4.56. The molecule has 0 saturated carbocycles. The highest BCUT2D eigenvalue weighted by Gasteiger charge is 2.15. The van der Waals surface area contributed by atoms with Crippen molar-refractivity contribution in [2.75, 3.05) is 11.1 Å². The fraction of sp³-hybridized carbons (Fsp3) is 0.176. The number of thiazole rings is 1. The van der Waals surface area contributed by atoms with Crippen LogP contribution in [-0.2, 0) is 14.6 Å². The maximum absolute atomic E-state index is 12.2. The molecule has 5 nitrogen and oxygen atoms in total. The Bertz CT molecular complexity index is 965. The van der Waals surface area contributed by atoms with Gasteiger partial charge in [-0.3, -0.25) is 4.79 Å². The van der Waals surface area contributed by atoms with E-state index in [1.165, 1.54) is 35.6 Å². The van der Waals surface area contributed by atoms with Gasteiger partial charge in [0.1, 0.15) is 0 Å². The Morgan fingerprint density at radius 2 is 1.84 bits per heavy atom.